The van der Waals surface area contributed by atoms with Gasteiger partial charge in [-0.3, -0.25) is 4.98 Å². The van der Waals surface area contributed by atoms with Gasteiger partial charge in [-0.05, 0) is 78.1 Å². The van der Waals surface area contributed by atoms with Gasteiger partial charge in [0.05, 0.1) is 8.95 Å². The molecule has 0 fully saturated rings. The maximum atomic E-state index is 5.89. The van der Waals surface area contributed by atoms with Crippen LogP contribution < -0.4 is 10.1 Å². The van der Waals surface area contributed by atoms with Crippen molar-refractivity contribution in [3.8, 4) is 5.75 Å². The van der Waals surface area contributed by atoms with Crippen LogP contribution in [0.4, 0.5) is 0 Å². The van der Waals surface area contributed by atoms with Gasteiger partial charge in [0, 0.05) is 29.0 Å². The average Bonchev–Trinajstić information content (AvgIpc) is 2.44. The minimum Gasteiger partial charge on any atom is -0.486 e. The highest BCUT2D eigenvalue weighted by Crippen LogP contribution is 2.35. The van der Waals surface area contributed by atoms with Gasteiger partial charge >= 0.3 is 0 Å². The summed E-state index contributed by atoms with van der Waals surface area (Å²) in [6.45, 7) is 4.34. The molecule has 3 nitrogen and oxygen atoms in total. The molecule has 2 aromatic rings. The summed E-state index contributed by atoms with van der Waals surface area (Å²) in [7, 11) is 0. The minimum absolute atomic E-state index is 0.468. The Balaban J connectivity index is 2.09. The molecule has 0 aliphatic carbocycles. The molecule has 21 heavy (non-hydrogen) atoms. The summed E-state index contributed by atoms with van der Waals surface area (Å²) in [6.07, 6.45) is 3.55. The van der Waals surface area contributed by atoms with Crippen molar-refractivity contribution in [1.82, 2.24) is 10.3 Å². The first-order chi connectivity index (χ1) is 10.1. The maximum absolute atomic E-state index is 5.89. The van der Waals surface area contributed by atoms with E-state index in [9.17, 15) is 0 Å². The fourth-order valence-electron chi connectivity index (χ4n) is 1.81. The number of benzene rings is 1. The largest absolute Gasteiger partial charge is 0.486 e. The monoisotopic (exact) mass is 476 g/mol. The number of ether oxygens (including phenoxy) is 1. The highest BCUT2D eigenvalue weighted by Gasteiger charge is 2.09. The molecule has 0 amide bonds. The lowest BCUT2D eigenvalue weighted by atomic mass is 10.2. The molecule has 1 aromatic heterocycles. The third kappa shape index (κ3) is 5.06. The molecule has 0 bridgehead atoms. The summed E-state index contributed by atoms with van der Waals surface area (Å²) in [6, 6.07) is 6.14. The van der Waals surface area contributed by atoms with Gasteiger partial charge in [0.15, 0.2) is 0 Å². The molecule has 6 heteroatoms. The first kappa shape index (κ1) is 16.9. The lowest BCUT2D eigenvalue weighted by molar-refractivity contribution is 0.301. The second-order valence-corrected chi connectivity index (χ2v) is 7.09. The minimum atomic E-state index is 0.468. The molecule has 112 valence electrons. The number of halogens is 3. The SMILES string of the molecule is CCNCc1cc(Br)c(OCc2cncc(Br)c2)c(Br)c1. The van der Waals surface area contributed by atoms with E-state index < -0.39 is 0 Å². The molecule has 0 unspecified atom stereocenters. The third-order valence-corrected chi connectivity index (χ3v) is 4.39. The van der Waals surface area contributed by atoms with Crippen LogP contribution in [-0.2, 0) is 13.2 Å². The van der Waals surface area contributed by atoms with Crippen LogP contribution in [0.15, 0.2) is 44.0 Å². The number of hydrogen-bond donors (Lipinski definition) is 1. The average molecular weight is 479 g/mol. The molecule has 0 radical (unpaired) electrons. The van der Waals surface area contributed by atoms with Crippen molar-refractivity contribution < 1.29 is 4.74 Å². The summed E-state index contributed by atoms with van der Waals surface area (Å²) in [4.78, 5) is 4.13. The Hall–Kier alpha value is -0.430. The van der Waals surface area contributed by atoms with Gasteiger partial charge in [0.25, 0.3) is 0 Å². The fourth-order valence-corrected chi connectivity index (χ4v) is 3.73. The lowest BCUT2D eigenvalue weighted by Gasteiger charge is -2.12. The zero-order chi connectivity index (χ0) is 15.2. The van der Waals surface area contributed by atoms with Crippen molar-refractivity contribution in [1.29, 1.82) is 0 Å². The van der Waals surface area contributed by atoms with E-state index in [1.807, 2.05) is 6.07 Å². The quantitative estimate of drug-likeness (QED) is 0.630. The Morgan fingerprint density at radius 3 is 2.38 bits per heavy atom. The Morgan fingerprint density at radius 1 is 1.05 bits per heavy atom. The smallest absolute Gasteiger partial charge is 0.148 e. The van der Waals surface area contributed by atoms with Crippen molar-refractivity contribution in [2.45, 2.75) is 20.1 Å². The zero-order valence-corrected chi connectivity index (χ0v) is 16.3. The summed E-state index contributed by atoms with van der Waals surface area (Å²) in [5, 5.41) is 3.31. The molecule has 1 heterocycles. The molecular formula is C15H15Br3N2O. The Bertz CT molecular complexity index is 597. The molecule has 0 atom stereocenters. The predicted octanol–water partition coefficient (Wildman–Crippen LogP) is 5.06. The number of nitrogens with zero attached hydrogens (tertiary/aromatic N) is 1. The Morgan fingerprint density at radius 2 is 1.76 bits per heavy atom. The van der Waals surface area contributed by atoms with Gasteiger partial charge in [0.2, 0.25) is 0 Å². The van der Waals surface area contributed by atoms with Crippen molar-refractivity contribution >= 4 is 47.8 Å². The molecule has 0 saturated heterocycles. The number of hydrogen-bond acceptors (Lipinski definition) is 3. The summed E-state index contributed by atoms with van der Waals surface area (Å²) in [5.41, 5.74) is 2.21. The standard InChI is InChI=1S/C15H15Br3N2O/c1-2-19-6-10-4-13(17)15(14(18)5-10)21-9-11-3-12(16)8-20-7-11/h3-5,7-8,19H,2,6,9H2,1H3. The van der Waals surface area contributed by atoms with Crippen LogP contribution in [0.5, 0.6) is 5.75 Å². The van der Waals surface area contributed by atoms with Gasteiger partial charge in [-0.25, -0.2) is 0 Å². The second-order valence-electron chi connectivity index (χ2n) is 4.47. The van der Waals surface area contributed by atoms with E-state index in [-0.39, 0.29) is 0 Å². The summed E-state index contributed by atoms with van der Waals surface area (Å²) in [5.74, 6) is 0.801. The molecule has 2 rings (SSSR count). The Kier molecular flexibility index (Phi) is 6.67. The number of pyridine rings is 1. The van der Waals surface area contributed by atoms with E-state index in [2.05, 4.69) is 77.1 Å². The van der Waals surface area contributed by atoms with Gasteiger partial charge in [-0.1, -0.05) is 6.92 Å². The van der Waals surface area contributed by atoms with Crippen LogP contribution in [0.1, 0.15) is 18.1 Å². The highest BCUT2D eigenvalue weighted by atomic mass is 79.9. The first-order valence-corrected chi connectivity index (χ1v) is 8.89. The summed E-state index contributed by atoms with van der Waals surface area (Å²) < 4.78 is 8.72. The first-order valence-electron chi connectivity index (χ1n) is 6.51. The lowest BCUT2D eigenvalue weighted by Crippen LogP contribution is -2.11. The molecule has 0 aliphatic rings. The Labute approximate surface area is 149 Å². The molecule has 0 saturated carbocycles. The van der Waals surface area contributed by atoms with Crippen LogP contribution >= 0.6 is 47.8 Å². The van der Waals surface area contributed by atoms with Gasteiger partial charge in [0.1, 0.15) is 12.4 Å². The van der Waals surface area contributed by atoms with E-state index in [0.717, 1.165) is 37.8 Å². The van der Waals surface area contributed by atoms with Gasteiger partial charge in [-0.15, -0.1) is 0 Å². The third-order valence-electron chi connectivity index (χ3n) is 2.78. The normalized spacial score (nSPS) is 10.7. The molecule has 1 N–H and O–H groups in total. The second kappa shape index (κ2) is 8.27. The van der Waals surface area contributed by atoms with Gasteiger partial charge in [-0.2, -0.15) is 0 Å². The van der Waals surface area contributed by atoms with E-state index >= 15 is 0 Å². The van der Waals surface area contributed by atoms with E-state index in [1.54, 1.807) is 12.4 Å². The maximum Gasteiger partial charge on any atom is 0.148 e. The van der Waals surface area contributed by atoms with E-state index in [1.165, 1.54) is 5.56 Å². The van der Waals surface area contributed by atoms with E-state index in [0.29, 0.717) is 6.61 Å². The van der Waals surface area contributed by atoms with Gasteiger partial charge < -0.3 is 10.1 Å². The molecule has 0 spiro atoms. The van der Waals surface area contributed by atoms with Crippen molar-refractivity contribution in [2.75, 3.05) is 6.54 Å². The van der Waals surface area contributed by atoms with E-state index in [4.69, 9.17) is 4.74 Å². The van der Waals surface area contributed by atoms with Crippen LogP contribution in [0, 0.1) is 0 Å². The molecular weight excluding hydrogens is 464 g/mol. The number of aromatic nitrogens is 1. The van der Waals surface area contributed by atoms with Crippen molar-refractivity contribution in [3.05, 3.63) is 55.1 Å². The van der Waals surface area contributed by atoms with Crippen LogP contribution in [0.2, 0.25) is 0 Å². The van der Waals surface area contributed by atoms with Crippen molar-refractivity contribution in [2.24, 2.45) is 0 Å². The predicted molar refractivity (Wildman–Crippen MR) is 95.5 cm³/mol. The molecule has 0 aliphatic heterocycles. The van der Waals surface area contributed by atoms with Crippen LogP contribution in [0.3, 0.4) is 0 Å². The van der Waals surface area contributed by atoms with Crippen molar-refractivity contribution in [3.63, 3.8) is 0 Å². The fraction of sp³-hybridized carbons (Fsp3) is 0.267. The summed E-state index contributed by atoms with van der Waals surface area (Å²) >= 11 is 10.5. The number of rotatable bonds is 6. The highest BCUT2D eigenvalue weighted by molar-refractivity contribution is 9.11. The topological polar surface area (TPSA) is 34.1 Å². The molecule has 1 aromatic carbocycles. The van der Waals surface area contributed by atoms with Crippen LogP contribution in [-0.4, -0.2) is 11.5 Å². The number of nitrogens with one attached hydrogen (secondary N) is 1. The van der Waals surface area contributed by atoms with Crippen LogP contribution in [0.25, 0.3) is 0 Å². The zero-order valence-electron chi connectivity index (χ0n) is 11.5.